The van der Waals surface area contributed by atoms with Crippen molar-refractivity contribution in [2.75, 3.05) is 6.54 Å². The van der Waals surface area contributed by atoms with Crippen LogP contribution in [-0.4, -0.2) is 23.5 Å². The lowest BCUT2D eigenvalue weighted by Gasteiger charge is -2.18. The Balaban J connectivity index is 0.00000264. The number of carbonyl (C=O) groups excluding carboxylic acids is 1. The van der Waals surface area contributed by atoms with E-state index in [-0.39, 0.29) is 42.6 Å². The van der Waals surface area contributed by atoms with Crippen LogP contribution in [0.25, 0.3) is 10.6 Å². The summed E-state index contributed by atoms with van der Waals surface area (Å²) in [4.78, 5) is 16.5. The molecular weight excluding hydrogens is 372 g/mol. The third kappa shape index (κ3) is 6.36. The second kappa shape index (κ2) is 10.6. The van der Waals surface area contributed by atoms with Crippen molar-refractivity contribution in [3.8, 4) is 10.6 Å². The van der Waals surface area contributed by atoms with Crippen molar-refractivity contribution in [1.29, 1.82) is 0 Å². The number of benzene rings is 1. The molecule has 8 heteroatoms. The molecule has 0 spiro atoms. The molecule has 0 fully saturated rings. The van der Waals surface area contributed by atoms with Crippen LogP contribution in [0.1, 0.15) is 30.8 Å². The number of carbonyl (C=O) groups is 1. The highest BCUT2D eigenvalue weighted by Gasteiger charge is 2.16. The van der Waals surface area contributed by atoms with Crippen molar-refractivity contribution in [2.24, 2.45) is 11.7 Å². The van der Waals surface area contributed by atoms with E-state index >= 15 is 0 Å². The van der Waals surface area contributed by atoms with E-state index in [9.17, 15) is 9.18 Å². The summed E-state index contributed by atoms with van der Waals surface area (Å²) in [6.45, 7) is 4.58. The molecule has 1 aromatic heterocycles. The molecule has 1 unspecified atom stereocenters. The van der Waals surface area contributed by atoms with Crippen LogP contribution < -0.4 is 11.1 Å². The number of nitrogens with one attached hydrogen (secondary N) is 1. The number of nitrogens with two attached hydrogens (primary N) is 1. The van der Waals surface area contributed by atoms with Gasteiger partial charge in [0.15, 0.2) is 0 Å². The molecular formula is C16H22Cl2FN3OS. The molecule has 0 radical (unpaired) electrons. The van der Waals surface area contributed by atoms with Gasteiger partial charge in [0.1, 0.15) is 16.5 Å². The summed E-state index contributed by atoms with van der Waals surface area (Å²) in [6.07, 6.45) is 0.831. The fourth-order valence-corrected chi connectivity index (χ4v) is 2.95. The van der Waals surface area contributed by atoms with Gasteiger partial charge in [-0.2, -0.15) is 0 Å². The maximum Gasteiger partial charge on any atom is 0.271 e. The summed E-state index contributed by atoms with van der Waals surface area (Å²) < 4.78 is 12.9. The molecule has 3 N–H and O–H groups in total. The number of amides is 1. The van der Waals surface area contributed by atoms with E-state index < -0.39 is 0 Å². The first kappa shape index (κ1) is 22.8. The molecule has 24 heavy (non-hydrogen) atoms. The van der Waals surface area contributed by atoms with Gasteiger partial charge in [0.05, 0.1) is 0 Å². The van der Waals surface area contributed by atoms with E-state index in [1.54, 1.807) is 17.5 Å². The predicted molar refractivity (Wildman–Crippen MR) is 102 cm³/mol. The van der Waals surface area contributed by atoms with Gasteiger partial charge in [0, 0.05) is 23.5 Å². The van der Waals surface area contributed by atoms with E-state index in [0.29, 0.717) is 23.2 Å². The molecule has 2 aromatic rings. The Hall–Kier alpha value is -1.21. The standard InChI is InChI=1S/C16H20FN3OS.2ClH/c1-10(2)7-13(8-18)19-15(21)14-9-22-16(20-14)11-3-5-12(17)6-4-11;;/h3-6,9-10,13H,7-8,18H2,1-2H3,(H,19,21);2*1H. The normalized spacial score (nSPS) is 11.4. The molecule has 0 saturated carbocycles. The van der Waals surface area contributed by atoms with Crippen molar-refractivity contribution in [1.82, 2.24) is 10.3 Å². The van der Waals surface area contributed by atoms with Crippen molar-refractivity contribution in [3.63, 3.8) is 0 Å². The van der Waals surface area contributed by atoms with Crippen LogP contribution in [0.5, 0.6) is 0 Å². The van der Waals surface area contributed by atoms with Crippen molar-refractivity contribution < 1.29 is 9.18 Å². The zero-order valence-electron chi connectivity index (χ0n) is 13.5. The van der Waals surface area contributed by atoms with Gasteiger partial charge in [-0.25, -0.2) is 9.37 Å². The summed E-state index contributed by atoms with van der Waals surface area (Å²) >= 11 is 1.36. The van der Waals surface area contributed by atoms with Crippen LogP contribution in [0.15, 0.2) is 29.6 Å². The first-order valence-electron chi connectivity index (χ1n) is 7.22. The highest BCUT2D eigenvalue weighted by Crippen LogP contribution is 2.23. The van der Waals surface area contributed by atoms with Crippen molar-refractivity contribution >= 4 is 42.1 Å². The fourth-order valence-electron chi connectivity index (χ4n) is 2.15. The van der Waals surface area contributed by atoms with Gasteiger partial charge in [-0.15, -0.1) is 36.2 Å². The molecule has 0 saturated heterocycles. The van der Waals surface area contributed by atoms with Crippen LogP contribution in [-0.2, 0) is 0 Å². The number of rotatable bonds is 6. The summed E-state index contributed by atoms with van der Waals surface area (Å²) in [7, 11) is 0. The van der Waals surface area contributed by atoms with Gasteiger partial charge in [-0.1, -0.05) is 13.8 Å². The Morgan fingerprint density at radius 3 is 2.46 bits per heavy atom. The maximum absolute atomic E-state index is 12.9. The predicted octanol–water partition coefficient (Wildman–Crippen LogP) is 3.90. The lowest BCUT2D eigenvalue weighted by atomic mass is 10.0. The Morgan fingerprint density at radius 2 is 1.92 bits per heavy atom. The molecule has 0 bridgehead atoms. The summed E-state index contributed by atoms with van der Waals surface area (Å²) in [5.41, 5.74) is 6.85. The molecule has 0 aliphatic carbocycles. The second-order valence-electron chi connectivity index (χ2n) is 5.58. The van der Waals surface area contributed by atoms with Crippen LogP contribution in [0.2, 0.25) is 0 Å². The minimum Gasteiger partial charge on any atom is -0.347 e. The van der Waals surface area contributed by atoms with Crippen molar-refractivity contribution in [2.45, 2.75) is 26.3 Å². The molecule has 0 aliphatic heterocycles. The molecule has 134 valence electrons. The lowest BCUT2D eigenvalue weighted by Crippen LogP contribution is -2.41. The number of hydrogen-bond acceptors (Lipinski definition) is 4. The Morgan fingerprint density at radius 1 is 1.29 bits per heavy atom. The molecule has 2 rings (SSSR count). The third-order valence-electron chi connectivity index (χ3n) is 3.20. The lowest BCUT2D eigenvalue weighted by molar-refractivity contribution is 0.0929. The van der Waals surface area contributed by atoms with E-state index in [4.69, 9.17) is 5.73 Å². The van der Waals surface area contributed by atoms with Crippen LogP contribution in [0, 0.1) is 11.7 Å². The van der Waals surface area contributed by atoms with E-state index in [1.807, 2.05) is 0 Å². The van der Waals surface area contributed by atoms with Gasteiger partial charge in [-0.3, -0.25) is 4.79 Å². The smallest absolute Gasteiger partial charge is 0.271 e. The average Bonchev–Trinajstić information content (AvgIpc) is 2.96. The first-order chi connectivity index (χ1) is 10.5. The highest BCUT2D eigenvalue weighted by atomic mass is 35.5. The first-order valence-corrected chi connectivity index (χ1v) is 8.10. The quantitative estimate of drug-likeness (QED) is 0.781. The maximum atomic E-state index is 12.9. The molecule has 4 nitrogen and oxygen atoms in total. The number of halogens is 3. The Kier molecular flexibility index (Phi) is 10.1. The summed E-state index contributed by atoms with van der Waals surface area (Å²) in [6, 6.07) is 6.00. The minimum absolute atomic E-state index is 0. The van der Waals surface area contributed by atoms with Crippen LogP contribution in [0.4, 0.5) is 4.39 Å². The molecule has 1 aromatic carbocycles. The van der Waals surface area contributed by atoms with E-state index in [0.717, 1.165) is 12.0 Å². The van der Waals surface area contributed by atoms with Gasteiger partial charge in [0.2, 0.25) is 0 Å². The summed E-state index contributed by atoms with van der Waals surface area (Å²) in [5.74, 6) is -0.0579. The van der Waals surface area contributed by atoms with Gasteiger partial charge < -0.3 is 11.1 Å². The Labute approximate surface area is 157 Å². The molecule has 1 amide bonds. The fraction of sp³-hybridized carbons (Fsp3) is 0.375. The molecule has 0 aliphatic rings. The molecule has 1 heterocycles. The van der Waals surface area contributed by atoms with Gasteiger partial charge in [-0.05, 0) is 36.6 Å². The highest BCUT2D eigenvalue weighted by molar-refractivity contribution is 7.13. The minimum atomic E-state index is -0.294. The summed E-state index contributed by atoms with van der Waals surface area (Å²) in [5, 5.41) is 5.31. The van der Waals surface area contributed by atoms with Crippen molar-refractivity contribution in [3.05, 3.63) is 41.2 Å². The Bertz CT molecular complexity index is 635. The largest absolute Gasteiger partial charge is 0.347 e. The van der Waals surface area contributed by atoms with Crippen LogP contribution in [0.3, 0.4) is 0 Å². The SMILES string of the molecule is CC(C)CC(CN)NC(=O)c1csc(-c2ccc(F)cc2)n1.Cl.Cl. The third-order valence-corrected chi connectivity index (χ3v) is 4.10. The monoisotopic (exact) mass is 393 g/mol. The number of hydrogen-bond donors (Lipinski definition) is 2. The van der Waals surface area contributed by atoms with E-state index in [1.165, 1.54) is 23.5 Å². The number of thiazole rings is 1. The average molecular weight is 394 g/mol. The number of aromatic nitrogens is 1. The van der Waals surface area contributed by atoms with E-state index in [2.05, 4.69) is 24.1 Å². The second-order valence-corrected chi connectivity index (χ2v) is 6.44. The van der Waals surface area contributed by atoms with Gasteiger partial charge >= 0.3 is 0 Å². The number of nitrogens with zero attached hydrogens (tertiary/aromatic N) is 1. The van der Waals surface area contributed by atoms with Crippen LogP contribution >= 0.6 is 36.2 Å². The van der Waals surface area contributed by atoms with Gasteiger partial charge in [0.25, 0.3) is 5.91 Å². The topological polar surface area (TPSA) is 68.0 Å². The molecule has 1 atom stereocenters. The zero-order valence-corrected chi connectivity index (χ0v) is 15.9. The zero-order chi connectivity index (χ0) is 16.1.